The van der Waals surface area contributed by atoms with Crippen molar-refractivity contribution in [3.63, 3.8) is 0 Å². The number of nitro groups is 1. The molecule has 1 aliphatic rings. The van der Waals surface area contributed by atoms with Crippen LogP contribution in [0.2, 0.25) is 0 Å². The standard InChI is InChI=1S/C16H20N4O3/c1-12-8-17-19(9-12)14-3-2-6-18(10-14)16-7-13(11-21)4-5-15(16)20(22)23/h4-5,7-9,14,21H,2-3,6,10-11H2,1H3. The second-order valence-corrected chi connectivity index (χ2v) is 5.98. The van der Waals surface area contributed by atoms with E-state index < -0.39 is 0 Å². The fourth-order valence-corrected chi connectivity index (χ4v) is 3.10. The number of piperidine rings is 1. The maximum atomic E-state index is 11.3. The molecule has 7 nitrogen and oxygen atoms in total. The number of nitrogens with zero attached hydrogens (tertiary/aromatic N) is 4. The monoisotopic (exact) mass is 316 g/mol. The minimum absolute atomic E-state index is 0.0829. The smallest absolute Gasteiger partial charge is 0.292 e. The molecule has 7 heteroatoms. The second kappa shape index (κ2) is 6.37. The highest BCUT2D eigenvalue weighted by atomic mass is 16.6. The minimum atomic E-state index is -0.363. The molecule has 0 bridgehead atoms. The van der Waals surface area contributed by atoms with Crippen LogP contribution in [0, 0.1) is 17.0 Å². The summed E-state index contributed by atoms with van der Waals surface area (Å²) in [5.41, 5.74) is 2.45. The maximum Gasteiger partial charge on any atom is 0.292 e. The van der Waals surface area contributed by atoms with E-state index in [-0.39, 0.29) is 23.3 Å². The third-order valence-corrected chi connectivity index (χ3v) is 4.26. The van der Waals surface area contributed by atoms with Gasteiger partial charge in [-0.3, -0.25) is 14.8 Å². The number of aromatic nitrogens is 2. The van der Waals surface area contributed by atoms with Gasteiger partial charge in [-0.1, -0.05) is 0 Å². The second-order valence-electron chi connectivity index (χ2n) is 5.98. The lowest BCUT2D eigenvalue weighted by molar-refractivity contribution is -0.384. The van der Waals surface area contributed by atoms with Gasteiger partial charge in [0.2, 0.25) is 0 Å². The summed E-state index contributed by atoms with van der Waals surface area (Å²) < 4.78 is 1.95. The van der Waals surface area contributed by atoms with Crippen molar-refractivity contribution in [1.82, 2.24) is 9.78 Å². The van der Waals surface area contributed by atoms with Crippen molar-refractivity contribution in [2.24, 2.45) is 0 Å². The summed E-state index contributed by atoms with van der Waals surface area (Å²) in [7, 11) is 0. The highest BCUT2D eigenvalue weighted by Crippen LogP contribution is 2.33. The molecule has 0 spiro atoms. The Labute approximate surface area is 134 Å². The van der Waals surface area contributed by atoms with Crippen LogP contribution in [0.15, 0.2) is 30.6 Å². The SMILES string of the molecule is Cc1cnn(C2CCCN(c3cc(CO)ccc3[N+](=O)[O-])C2)c1. The van der Waals surface area contributed by atoms with Crippen LogP contribution >= 0.6 is 0 Å². The molecule has 1 fully saturated rings. The molecule has 1 atom stereocenters. The van der Waals surface area contributed by atoms with Crippen LogP contribution in [0.1, 0.15) is 30.0 Å². The molecule has 1 unspecified atom stereocenters. The molecule has 0 aliphatic carbocycles. The fourth-order valence-electron chi connectivity index (χ4n) is 3.10. The van der Waals surface area contributed by atoms with E-state index in [1.807, 2.05) is 28.9 Å². The van der Waals surface area contributed by atoms with E-state index in [0.29, 0.717) is 17.8 Å². The average Bonchev–Trinajstić information content (AvgIpc) is 3.01. The van der Waals surface area contributed by atoms with Crippen LogP contribution in [0.5, 0.6) is 0 Å². The molecule has 2 aromatic rings. The van der Waals surface area contributed by atoms with Gasteiger partial charge in [0.1, 0.15) is 5.69 Å². The molecule has 0 amide bonds. The Hall–Kier alpha value is -2.41. The summed E-state index contributed by atoms with van der Waals surface area (Å²) in [5.74, 6) is 0. The van der Waals surface area contributed by atoms with Gasteiger partial charge in [-0.15, -0.1) is 0 Å². The van der Waals surface area contributed by atoms with Crippen LogP contribution in [-0.4, -0.2) is 32.9 Å². The molecule has 0 radical (unpaired) electrons. The highest BCUT2D eigenvalue weighted by molar-refractivity contribution is 5.64. The zero-order valence-electron chi connectivity index (χ0n) is 13.1. The third-order valence-electron chi connectivity index (χ3n) is 4.26. The minimum Gasteiger partial charge on any atom is -0.392 e. The number of hydrogen-bond acceptors (Lipinski definition) is 5. The number of aryl methyl sites for hydroxylation is 1. The van der Waals surface area contributed by atoms with E-state index in [2.05, 4.69) is 5.10 Å². The zero-order chi connectivity index (χ0) is 16.4. The summed E-state index contributed by atoms with van der Waals surface area (Å²) >= 11 is 0. The Morgan fingerprint density at radius 1 is 1.48 bits per heavy atom. The normalized spacial score (nSPS) is 18.2. The van der Waals surface area contributed by atoms with Crippen molar-refractivity contribution in [3.05, 3.63) is 51.8 Å². The van der Waals surface area contributed by atoms with Crippen molar-refractivity contribution < 1.29 is 10.0 Å². The van der Waals surface area contributed by atoms with Crippen LogP contribution in [0.4, 0.5) is 11.4 Å². The summed E-state index contributed by atoms with van der Waals surface area (Å²) in [4.78, 5) is 13.0. The van der Waals surface area contributed by atoms with E-state index in [1.54, 1.807) is 12.1 Å². The third kappa shape index (κ3) is 3.19. The van der Waals surface area contributed by atoms with Gasteiger partial charge in [0.25, 0.3) is 5.69 Å². The number of nitro benzene ring substituents is 1. The van der Waals surface area contributed by atoms with Crippen molar-refractivity contribution in [1.29, 1.82) is 0 Å². The number of anilines is 1. The Morgan fingerprint density at radius 2 is 2.30 bits per heavy atom. The van der Waals surface area contributed by atoms with Crippen molar-refractivity contribution in [2.45, 2.75) is 32.4 Å². The number of benzene rings is 1. The van der Waals surface area contributed by atoms with E-state index in [1.165, 1.54) is 6.07 Å². The molecular formula is C16H20N4O3. The van der Waals surface area contributed by atoms with Gasteiger partial charge in [0.05, 0.1) is 23.8 Å². The topological polar surface area (TPSA) is 84.4 Å². The van der Waals surface area contributed by atoms with Crippen LogP contribution in [0.3, 0.4) is 0 Å². The molecule has 0 saturated carbocycles. The van der Waals surface area contributed by atoms with E-state index >= 15 is 0 Å². The first-order valence-electron chi connectivity index (χ1n) is 7.72. The predicted octanol–water partition coefficient (Wildman–Crippen LogP) is 2.43. The van der Waals surface area contributed by atoms with Gasteiger partial charge >= 0.3 is 0 Å². The number of hydrogen-bond donors (Lipinski definition) is 1. The first-order valence-corrected chi connectivity index (χ1v) is 7.72. The summed E-state index contributed by atoms with van der Waals surface area (Å²) in [6, 6.07) is 4.99. The van der Waals surface area contributed by atoms with Gasteiger partial charge in [-0.2, -0.15) is 5.10 Å². The van der Waals surface area contributed by atoms with E-state index in [0.717, 1.165) is 24.9 Å². The Balaban J connectivity index is 1.90. The molecule has 1 aliphatic heterocycles. The number of aliphatic hydroxyl groups is 1. The first kappa shape index (κ1) is 15.5. The molecule has 1 aromatic heterocycles. The van der Waals surface area contributed by atoms with Crippen LogP contribution < -0.4 is 4.90 Å². The molecule has 1 saturated heterocycles. The quantitative estimate of drug-likeness (QED) is 0.692. The van der Waals surface area contributed by atoms with E-state index in [9.17, 15) is 15.2 Å². The Kier molecular flexibility index (Phi) is 4.29. The lowest BCUT2D eigenvalue weighted by Crippen LogP contribution is -2.37. The molecule has 1 aromatic carbocycles. The summed E-state index contributed by atoms with van der Waals surface area (Å²) in [6.45, 7) is 3.32. The molecule has 3 rings (SSSR count). The van der Waals surface area contributed by atoms with Gasteiger partial charge in [0, 0.05) is 25.4 Å². The molecule has 1 N–H and O–H groups in total. The lowest BCUT2D eigenvalue weighted by atomic mass is 10.0. The maximum absolute atomic E-state index is 11.3. The molecule has 122 valence electrons. The van der Waals surface area contributed by atoms with Gasteiger partial charge in [0.15, 0.2) is 0 Å². The summed E-state index contributed by atoms with van der Waals surface area (Å²) in [5, 5.41) is 25.0. The van der Waals surface area contributed by atoms with Crippen molar-refractivity contribution in [2.75, 3.05) is 18.0 Å². The lowest BCUT2D eigenvalue weighted by Gasteiger charge is -2.34. The zero-order valence-corrected chi connectivity index (χ0v) is 13.1. The highest BCUT2D eigenvalue weighted by Gasteiger charge is 2.27. The molecule has 2 heterocycles. The van der Waals surface area contributed by atoms with Crippen molar-refractivity contribution >= 4 is 11.4 Å². The largest absolute Gasteiger partial charge is 0.392 e. The van der Waals surface area contributed by atoms with E-state index in [4.69, 9.17) is 0 Å². The van der Waals surface area contributed by atoms with Gasteiger partial charge < -0.3 is 10.0 Å². The van der Waals surface area contributed by atoms with Gasteiger partial charge in [-0.25, -0.2) is 0 Å². The number of rotatable bonds is 4. The number of aliphatic hydroxyl groups excluding tert-OH is 1. The van der Waals surface area contributed by atoms with Crippen LogP contribution in [-0.2, 0) is 6.61 Å². The predicted molar refractivity (Wildman–Crippen MR) is 86.5 cm³/mol. The summed E-state index contributed by atoms with van der Waals surface area (Å²) in [6.07, 6.45) is 5.79. The van der Waals surface area contributed by atoms with Crippen molar-refractivity contribution in [3.8, 4) is 0 Å². The fraction of sp³-hybridized carbons (Fsp3) is 0.438. The Morgan fingerprint density at radius 3 is 2.96 bits per heavy atom. The first-order chi connectivity index (χ1) is 11.1. The Bertz CT molecular complexity index is 713. The molecular weight excluding hydrogens is 296 g/mol. The van der Waals surface area contributed by atoms with Gasteiger partial charge in [-0.05, 0) is 43.0 Å². The molecule has 23 heavy (non-hydrogen) atoms. The average molecular weight is 316 g/mol. The van der Waals surface area contributed by atoms with Crippen LogP contribution in [0.25, 0.3) is 0 Å².